The molecule has 1 aliphatic carbocycles. The van der Waals surface area contributed by atoms with Crippen LogP contribution in [0.25, 0.3) is 0 Å². The zero-order chi connectivity index (χ0) is 9.52. The largest absolute Gasteiger partial charge is 0.389 e. The molecule has 0 aliphatic heterocycles. The van der Waals surface area contributed by atoms with Gasteiger partial charge >= 0.3 is 0 Å². The molecule has 0 radical (unpaired) electrons. The fourth-order valence-corrected chi connectivity index (χ4v) is 1.67. The van der Waals surface area contributed by atoms with Gasteiger partial charge in [0, 0.05) is 0 Å². The average Bonchev–Trinajstić information content (AvgIpc) is 2.15. The minimum Gasteiger partial charge on any atom is -0.389 e. The Morgan fingerprint density at radius 2 is 2.31 bits per heavy atom. The maximum absolute atomic E-state index is 9.62. The summed E-state index contributed by atoms with van der Waals surface area (Å²) >= 11 is 0. The summed E-state index contributed by atoms with van der Waals surface area (Å²) in [4.78, 5) is 0. The highest BCUT2D eigenvalue weighted by Gasteiger charge is 2.14. The van der Waals surface area contributed by atoms with Crippen LogP contribution in [0.15, 0.2) is 23.8 Å². The number of rotatable bonds is 3. The van der Waals surface area contributed by atoms with E-state index in [4.69, 9.17) is 0 Å². The van der Waals surface area contributed by atoms with Gasteiger partial charge < -0.3 is 5.11 Å². The van der Waals surface area contributed by atoms with E-state index in [1.165, 1.54) is 24.8 Å². The Balaban J connectivity index is 2.39. The van der Waals surface area contributed by atoms with Crippen LogP contribution in [0.3, 0.4) is 0 Å². The molecule has 0 aromatic rings. The lowest BCUT2D eigenvalue weighted by molar-refractivity contribution is 0.178. The molecular weight excluding hydrogens is 160 g/mol. The van der Waals surface area contributed by atoms with Crippen LogP contribution in [-0.4, -0.2) is 11.2 Å². The molecule has 1 atom stereocenters. The van der Waals surface area contributed by atoms with Gasteiger partial charge in [-0.25, -0.2) is 0 Å². The smallest absolute Gasteiger partial charge is 0.0753 e. The topological polar surface area (TPSA) is 20.2 Å². The fraction of sp³-hybridized carbons (Fsp3) is 0.667. The zero-order valence-corrected chi connectivity index (χ0v) is 8.50. The molecule has 0 bridgehead atoms. The van der Waals surface area contributed by atoms with Crippen molar-refractivity contribution in [2.75, 3.05) is 0 Å². The first-order valence-corrected chi connectivity index (χ1v) is 5.38. The highest BCUT2D eigenvalue weighted by molar-refractivity contribution is 5.17. The molecule has 1 aliphatic rings. The lowest BCUT2D eigenvalue weighted by Gasteiger charge is -2.19. The summed E-state index contributed by atoms with van der Waals surface area (Å²) in [6.45, 7) is 2.17. The van der Waals surface area contributed by atoms with Crippen LogP contribution in [-0.2, 0) is 0 Å². The van der Waals surface area contributed by atoms with Gasteiger partial charge in [0.2, 0.25) is 0 Å². The van der Waals surface area contributed by atoms with Crippen LogP contribution in [0, 0.1) is 0 Å². The van der Waals surface area contributed by atoms with Crippen molar-refractivity contribution < 1.29 is 5.11 Å². The Bertz CT molecular complexity index is 191. The maximum atomic E-state index is 9.62. The SMILES string of the molecule is CCC/C=C/C=C1/CCCC[C@@H]1O. The first kappa shape index (κ1) is 10.5. The Morgan fingerprint density at radius 3 is 3.00 bits per heavy atom. The maximum Gasteiger partial charge on any atom is 0.0753 e. The summed E-state index contributed by atoms with van der Waals surface area (Å²) in [5.74, 6) is 0. The van der Waals surface area contributed by atoms with Crippen LogP contribution < -0.4 is 0 Å². The number of hydrogen-bond acceptors (Lipinski definition) is 1. The molecule has 1 fully saturated rings. The Labute approximate surface area is 81.2 Å². The van der Waals surface area contributed by atoms with Crippen LogP contribution >= 0.6 is 0 Å². The molecule has 1 saturated carbocycles. The van der Waals surface area contributed by atoms with Gasteiger partial charge in [0.05, 0.1) is 6.10 Å². The highest BCUT2D eigenvalue weighted by atomic mass is 16.3. The summed E-state index contributed by atoms with van der Waals surface area (Å²) < 4.78 is 0. The lowest BCUT2D eigenvalue weighted by Crippen LogP contribution is -2.14. The second-order valence-corrected chi connectivity index (χ2v) is 3.72. The molecule has 0 spiro atoms. The summed E-state index contributed by atoms with van der Waals surface area (Å²) in [6.07, 6.45) is 13.0. The van der Waals surface area contributed by atoms with E-state index in [-0.39, 0.29) is 6.10 Å². The average molecular weight is 180 g/mol. The fourth-order valence-electron chi connectivity index (χ4n) is 1.67. The van der Waals surface area contributed by atoms with E-state index in [9.17, 15) is 5.11 Å². The van der Waals surface area contributed by atoms with Crippen LogP contribution in [0.1, 0.15) is 45.4 Å². The van der Waals surface area contributed by atoms with E-state index in [1.807, 2.05) is 0 Å². The molecule has 13 heavy (non-hydrogen) atoms. The van der Waals surface area contributed by atoms with E-state index in [2.05, 4.69) is 25.2 Å². The molecule has 0 aromatic carbocycles. The Kier molecular flexibility index (Phi) is 4.84. The van der Waals surface area contributed by atoms with Crippen molar-refractivity contribution in [3.05, 3.63) is 23.8 Å². The molecule has 1 rings (SSSR count). The first-order valence-electron chi connectivity index (χ1n) is 5.38. The van der Waals surface area contributed by atoms with Crippen LogP contribution in [0.2, 0.25) is 0 Å². The van der Waals surface area contributed by atoms with Crippen LogP contribution in [0.5, 0.6) is 0 Å². The van der Waals surface area contributed by atoms with Gasteiger partial charge in [-0.05, 0) is 31.3 Å². The van der Waals surface area contributed by atoms with Crippen molar-refractivity contribution in [3.8, 4) is 0 Å². The van der Waals surface area contributed by atoms with E-state index in [0.29, 0.717) is 0 Å². The standard InChI is InChI=1S/C12H20O/c1-2-3-4-5-8-11-9-6-7-10-12(11)13/h4-5,8,12-13H,2-3,6-7,9-10H2,1H3/b5-4+,11-8-/t12-/m0/s1. The van der Waals surface area contributed by atoms with E-state index < -0.39 is 0 Å². The second kappa shape index (κ2) is 5.98. The molecular formula is C12H20O. The minimum atomic E-state index is -0.167. The highest BCUT2D eigenvalue weighted by Crippen LogP contribution is 2.23. The van der Waals surface area contributed by atoms with Crippen LogP contribution in [0.4, 0.5) is 0 Å². The van der Waals surface area contributed by atoms with E-state index in [1.54, 1.807) is 0 Å². The molecule has 0 amide bonds. The molecule has 74 valence electrons. The molecule has 0 unspecified atom stereocenters. The summed E-state index contributed by atoms with van der Waals surface area (Å²) in [7, 11) is 0. The normalized spacial score (nSPS) is 27.2. The van der Waals surface area contributed by atoms with Gasteiger partial charge in [-0.2, -0.15) is 0 Å². The van der Waals surface area contributed by atoms with Gasteiger partial charge in [-0.1, -0.05) is 38.0 Å². The third kappa shape index (κ3) is 3.77. The van der Waals surface area contributed by atoms with E-state index >= 15 is 0 Å². The monoisotopic (exact) mass is 180 g/mol. The Hall–Kier alpha value is -0.560. The second-order valence-electron chi connectivity index (χ2n) is 3.72. The third-order valence-electron chi connectivity index (χ3n) is 2.52. The first-order chi connectivity index (χ1) is 6.34. The number of hydrogen-bond donors (Lipinski definition) is 1. The summed E-state index contributed by atoms with van der Waals surface area (Å²) in [5, 5.41) is 9.62. The quantitative estimate of drug-likeness (QED) is 0.707. The van der Waals surface area contributed by atoms with Crippen molar-refractivity contribution in [3.63, 3.8) is 0 Å². The Morgan fingerprint density at radius 1 is 1.46 bits per heavy atom. The van der Waals surface area contributed by atoms with Gasteiger partial charge in [0.15, 0.2) is 0 Å². The van der Waals surface area contributed by atoms with Gasteiger partial charge in [0.1, 0.15) is 0 Å². The lowest BCUT2D eigenvalue weighted by atomic mass is 9.92. The third-order valence-corrected chi connectivity index (χ3v) is 2.52. The van der Waals surface area contributed by atoms with Gasteiger partial charge in [-0.3, -0.25) is 0 Å². The predicted molar refractivity (Wildman–Crippen MR) is 56.6 cm³/mol. The molecule has 1 heteroatoms. The molecule has 0 aromatic heterocycles. The van der Waals surface area contributed by atoms with Gasteiger partial charge in [-0.15, -0.1) is 0 Å². The molecule has 0 heterocycles. The van der Waals surface area contributed by atoms with Crippen molar-refractivity contribution in [1.82, 2.24) is 0 Å². The van der Waals surface area contributed by atoms with Crippen molar-refractivity contribution in [1.29, 1.82) is 0 Å². The van der Waals surface area contributed by atoms with Crippen molar-refractivity contribution >= 4 is 0 Å². The van der Waals surface area contributed by atoms with Gasteiger partial charge in [0.25, 0.3) is 0 Å². The number of allylic oxidation sites excluding steroid dienone is 3. The number of aliphatic hydroxyl groups excluding tert-OH is 1. The molecule has 0 saturated heterocycles. The molecule has 1 nitrogen and oxygen atoms in total. The van der Waals surface area contributed by atoms with E-state index in [0.717, 1.165) is 19.3 Å². The zero-order valence-electron chi connectivity index (χ0n) is 8.50. The number of aliphatic hydroxyl groups is 1. The minimum absolute atomic E-state index is 0.167. The van der Waals surface area contributed by atoms with Crippen molar-refractivity contribution in [2.24, 2.45) is 0 Å². The summed E-state index contributed by atoms with van der Waals surface area (Å²) in [6, 6.07) is 0. The van der Waals surface area contributed by atoms with Crippen molar-refractivity contribution in [2.45, 2.75) is 51.6 Å². The predicted octanol–water partition coefficient (Wildman–Crippen LogP) is 3.20. The molecule has 1 N–H and O–H groups in total. The number of unbranched alkanes of at least 4 members (excludes halogenated alkanes) is 1. The summed E-state index contributed by atoms with van der Waals surface area (Å²) in [5.41, 5.74) is 1.22.